The monoisotopic (exact) mass is 360 g/mol. The fraction of sp³-hybridized carbons (Fsp3) is 0.533. The Morgan fingerprint density at radius 3 is 2.80 bits per heavy atom. The number of hydrogen-bond donors (Lipinski definition) is 1. The minimum atomic E-state index is 0. The van der Waals surface area contributed by atoms with Gasteiger partial charge in [0.1, 0.15) is 0 Å². The van der Waals surface area contributed by atoms with Crippen LogP contribution in [0.5, 0.6) is 0 Å². The van der Waals surface area contributed by atoms with E-state index in [1.54, 1.807) is 0 Å². The Labute approximate surface area is 135 Å². The molecule has 0 aliphatic carbocycles. The molecule has 2 rings (SSSR count). The second-order valence-corrected chi connectivity index (χ2v) is 6.21. The molecule has 2 atom stereocenters. The van der Waals surface area contributed by atoms with Gasteiger partial charge in [0.25, 0.3) is 0 Å². The van der Waals surface area contributed by atoms with Gasteiger partial charge in [0.2, 0.25) is 5.91 Å². The maximum Gasteiger partial charge on any atom is 0.223 e. The summed E-state index contributed by atoms with van der Waals surface area (Å²) in [5.74, 6) is 0.974. The van der Waals surface area contributed by atoms with Crippen molar-refractivity contribution in [3.05, 3.63) is 34.3 Å². The predicted molar refractivity (Wildman–Crippen MR) is 88.2 cm³/mol. The number of carbonyl (C=O) groups excluding carboxylic acids is 1. The van der Waals surface area contributed by atoms with Crippen LogP contribution in [0.15, 0.2) is 28.7 Å². The Hall–Kier alpha value is -0.580. The third-order valence-electron chi connectivity index (χ3n) is 3.89. The van der Waals surface area contributed by atoms with Gasteiger partial charge in [-0.3, -0.25) is 4.79 Å². The minimum Gasteiger partial charge on any atom is -0.342 e. The fourth-order valence-electron chi connectivity index (χ4n) is 2.63. The van der Waals surface area contributed by atoms with Crippen LogP contribution in [0.3, 0.4) is 0 Å². The summed E-state index contributed by atoms with van der Waals surface area (Å²) in [5, 5.41) is 0. The van der Waals surface area contributed by atoms with E-state index in [-0.39, 0.29) is 24.2 Å². The Balaban J connectivity index is 0.00000200. The number of likely N-dealkylation sites (tertiary alicyclic amines) is 1. The average Bonchev–Trinajstić information content (AvgIpc) is 2.88. The maximum absolute atomic E-state index is 12.3. The highest BCUT2D eigenvalue weighted by Crippen LogP contribution is 2.28. The summed E-state index contributed by atoms with van der Waals surface area (Å²) < 4.78 is 1.08. The molecule has 20 heavy (non-hydrogen) atoms. The summed E-state index contributed by atoms with van der Waals surface area (Å²) in [5.41, 5.74) is 6.86. The van der Waals surface area contributed by atoms with Crippen molar-refractivity contribution < 1.29 is 4.79 Å². The van der Waals surface area contributed by atoms with Crippen LogP contribution in [0.25, 0.3) is 0 Å². The van der Waals surface area contributed by atoms with Crippen LogP contribution in [0.4, 0.5) is 0 Å². The third kappa shape index (κ3) is 4.21. The second kappa shape index (κ2) is 8.01. The van der Waals surface area contributed by atoms with E-state index in [2.05, 4.69) is 28.9 Å². The molecule has 1 aliphatic heterocycles. The zero-order valence-corrected chi connectivity index (χ0v) is 14.1. The molecule has 0 bridgehead atoms. The van der Waals surface area contributed by atoms with E-state index in [9.17, 15) is 4.79 Å². The first kappa shape index (κ1) is 17.5. The quantitative estimate of drug-likeness (QED) is 0.895. The highest BCUT2D eigenvalue weighted by atomic mass is 79.9. The molecule has 1 amide bonds. The molecule has 1 aromatic rings. The first-order valence-electron chi connectivity index (χ1n) is 6.84. The number of nitrogens with two attached hydrogens (primary N) is 1. The molecular formula is C15H22BrClN2O. The highest BCUT2D eigenvalue weighted by molar-refractivity contribution is 9.10. The normalized spacial score (nSPS) is 19.6. The topological polar surface area (TPSA) is 46.3 Å². The summed E-state index contributed by atoms with van der Waals surface area (Å²) in [6, 6.07) is 8.11. The van der Waals surface area contributed by atoms with Gasteiger partial charge in [0.15, 0.2) is 0 Å². The van der Waals surface area contributed by atoms with Crippen LogP contribution in [-0.2, 0) is 4.79 Å². The van der Waals surface area contributed by atoms with Crippen molar-refractivity contribution in [2.45, 2.75) is 25.7 Å². The second-order valence-electron chi connectivity index (χ2n) is 5.36. The number of hydrogen-bond acceptors (Lipinski definition) is 2. The van der Waals surface area contributed by atoms with Gasteiger partial charge < -0.3 is 10.6 Å². The van der Waals surface area contributed by atoms with E-state index >= 15 is 0 Å². The number of nitrogens with zero attached hydrogens (tertiary/aromatic N) is 1. The molecule has 0 saturated carbocycles. The molecule has 1 aromatic carbocycles. The lowest BCUT2D eigenvalue weighted by Crippen LogP contribution is -2.30. The summed E-state index contributed by atoms with van der Waals surface area (Å²) in [4.78, 5) is 14.2. The minimum absolute atomic E-state index is 0. The lowest BCUT2D eigenvalue weighted by atomic mass is 9.97. The molecular weight excluding hydrogens is 340 g/mol. The molecule has 0 spiro atoms. The largest absolute Gasteiger partial charge is 0.342 e. The zero-order valence-electron chi connectivity index (χ0n) is 11.7. The Bertz CT molecular complexity index is 455. The number of carbonyl (C=O) groups is 1. The third-order valence-corrected chi connectivity index (χ3v) is 4.61. The molecule has 0 aromatic heterocycles. The standard InChI is InChI=1S/C15H21BrN2O.ClH/c1-11(13-4-2-3-5-14(13)16)8-15(19)18-7-6-12(9-17)10-18;/h2-5,11-12H,6-10,17H2,1H3;1H. The summed E-state index contributed by atoms with van der Waals surface area (Å²) in [6.45, 7) is 4.49. The van der Waals surface area contributed by atoms with Crippen molar-refractivity contribution >= 4 is 34.2 Å². The first-order chi connectivity index (χ1) is 9.11. The molecule has 2 unspecified atom stereocenters. The van der Waals surface area contributed by atoms with Gasteiger partial charge in [-0.25, -0.2) is 0 Å². The van der Waals surface area contributed by atoms with Crippen LogP contribution >= 0.6 is 28.3 Å². The zero-order chi connectivity index (χ0) is 13.8. The summed E-state index contributed by atoms with van der Waals surface area (Å²) in [6.07, 6.45) is 1.62. The fourth-order valence-corrected chi connectivity index (χ4v) is 3.30. The number of halogens is 2. The van der Waals surface area contributed by atoms with E-state index in [1.165, 1.54) is 5.56 Å². The first-order valence-corrected chi connectivity index (χ1v) is 7.63. The van der Waals surface area contributed by atoms with Crippen molar-refractivity contribution in [2.24, 2.45) is 11.7 Å². The summed E-state index contributed by atoms with van der Waals surface area (Å²) >= 11 is 3.55. The molecule has 112 valence electrons. The maximum atomic E-state index is 12.3. The van der Waals surface area contributed by atoms with Crippen molar-refractivity contribution in [3.63, 3.8) is 0 Å². The summed E-state index contributed by atoms with van der Waals surface area (Å²) in [7, 11) is 0. The van der Waals surface area contributed by atoms with E-state index in [4.69, 9.17) is 5.73 Å². The van der Waals surface area contributed by atoms with Crippen molar-refractivity contribution in [1.82, 2.24) is 4.90 Å². The van der Waals surface area contributed by atoms with Crippen LogP contribution < -0.4 is 5.73 Å². The molecule has 2 N–H and O–H groups in total. The van der Waals surface area contributed by atoms with Crippen LogP contribution in [0, 0.1) is 5.92 Å². The van der Waals surface area contributed by atoms with E-state index in [1.807, 2.05) is 23.1 Å². The van der Waals surface area contributed by atoms with Crippen LogP contribution in [0.2, 0.25) is 0 Å². The van der Waals surface area contributed by atoms with Gasteiger partial charge in [-0.15, -0.1) is 12.4 Å². The molecule has 0 radical (unpaired) electrons. The van der Waals surface area contributed by atoms with Gasteiger partial charge in [0.05, 0.1) is 0 Å². The van der Waals surface area contributed by atoms with E-state index < -0.39 is 0 Å². The predicted octanol–water partition coefficient (Wildman–Crippen LogP) is 3.17. The molecule has 1 heterocycles. The lowest BCUT2D eigenvalue weighted by molar-refractivity contribution is -0.130. The SMILES string of the molecule is CC(CC(=O)N1CCC(CN)C1)c1ccccc1Br.Cl. The van der Waals surface area contributed by atoms with Crippen LogP contribution in [0.1, 0.15) is 31.2 Å². The Morgan fingerprint density at radius 1 is 1.50 bits per heavy atom. The number of amides is 1. The van der Waals surface area contributed by atoms with E-state index in [0.717, 1.165) is 24.0 Å². The smallest absolute Gasteiger partial charge is 0.223 e. The Kier molecular flexibility index (Phi) is 7.00. The molecule has 1 aliphatic rings. The molecule has 5 heteroatoms. The Morgan fingerprint density at radius 2 is 2.20 bits per heavy atom. The molecule has 1 saturated heterocycles. The molecule has 1 fully saturated rings. The number of benzene rings is 1. The van der Waals surface area contributed by atoms with Gasteiger partial charge in [-0.2, -0.15) is 0 Å². The van der Waals surface area contributed by atoms with Crippen LogP contribution in [-0.4, -0.2) is 30.4 Å². The lowest BCUT2D eigenvalue weighted by Gasteiger charge is -2.20. The van der Waals surface area contributed by atoms with Crippen molar-refractivity contribution in [3.8, 4) is 0 Å². The van der Waals surface area contributed by atoms with Crippen molar-refractivity contribution in [2.75, 3.05) is 19.6 Å². The number of rotatable bonds is 4. The van der Waals surface area contributed by atoms with Gasteiger partial charge >= 0.3 is 0 Å². The molecule has 3 nitrogen and oxygen atoms in total. The average molecular weight is 362 g/mol. The van der Waals surface area contributed by atoms with Crippen molar-refractivity contribution in [1.29, 1.82) is 0 Å². The van der Waals surface area contributed by atoms with E-state index in [0.29, 0.717) is 18.9 Å². The van der Waals surface area contributed by atoms with Gasteiger partial charge in [-0.1, -0.05) is 41.1 Å². The van der Waals surface area contributed by atoms with Gasteiger partial charge in [0, 0.05) is 24.0 Å². The van der Waals surface area contributed by atoms with Gasteiger partial charge in [-0.05, 0) is 36.4 Å². The highest BCUT2D eigenvalue weighted by Gasteiger charge is 2.26.